The average molecular weight is 367 g/mol. The van der Waals surface area contributed by atoms with Crippen molar-refractivity contribution in [3.8, 4) is 0 Å². The number of para-hydroxylation sites is 2. The van der Waals surface area contributed by atoms with E-state index in [4.69, 9.17) is 5.11 Å². The summed E-state index contributed by atoms with van der Waals surface area (Å²) in [5.41, 5.74) is 1.91. The Morgan fingerprint density at radius 3 is 2.75 bits per heavy atom. The molecule has 1 amide bonds. The van der Waals surface area contributed by atoms with E-state index < -0.39 is 12.0 Å². The summed E-state index contributed by atoms with van der Waals surface area (Å²) in [6, 6.07) is 6.85. The minimum atomic E-state index is -1.08. The molecular weight excluding hydrogens is 346 g/mol. The van der Waals surface area contributed by atoms with Crippen LogP contribution in [0.4, 0.5) is 0 Å². The lowest BCUT2D eigenvalue weighted by atomic mass is 10.1. The standard InChI is InChI=1S/C16H21N3O3S2/c1-16(2,7-14(20)19-12(8-23)15(21)22)24-9-13-17-10-5-3-4-6-11(10)18-13/h3-6,12,23H,7-9H2,1-2H3,(H,17,18)(H,19,20)(H,21,22)/t12-/m0/s1. The highest BCUT2D eigenvalue weighted by Crippen LogP contribution is 2.31. The fourth-order valence-electron chi connectivity index (χ4n) is 2.21. The molecule has 0 unspecified atom stereocenters. The maximum atomic E-state index is 12.0. The predicted molar refractivity (Wildman–Crippen MR) is 99.5 cm³/mol. The number of carboxylic acids is 1. The van der Waals surface area contributed by atoms with E-state index in [-0.39, 0.29) is 22.8 Å². The number of carboxylic acid groups (broad SMARTS) is 1. The maximum absolute atomic E-state index is 12.0. The van der Waals surface area contributed by atoms with Crippen LogP contribution in [0.3, 0.4) is 0 Å². The molecule has 2 rings (SSSR count). The van der Waals surface area contributed by atoms with Crippen LogP contribution in [0.15, 0.2) is 24.3 Å². The van der Waals surface area contributed by atoms with Crippen molar-refractivity contribution in [2.75, 3.05) is 5.75 Å². The van der Waals surface area contributed by atoms with Crippen LogP contribution in [0.25, 0.3) is 11.0 Å². The number of thiol groups is 1. The first-order valence-electron chi connectivity index (χ1n) is 7.51. The van der Waals surface area contributed by atoms with Crippen LogP contribution in [0, 0.1) is 0 Å². The first-order valence-corrected chi connectivity index (χ1v) is 9.13. The molecule has 130 valence electrons. The summed E-state index contributed by atoms with van der Waals surface area (Å²) in [7, 11) is 0. The van der Waals surface area contributed by atoms with E-state index in [0.29, 0.717) is 5.75 Å². The third kappa shape index (κ3) is 5.17. The quantitative estimate of drug-likeness (QED) is 0.538. The van der Waals surface area contributed by atoms with Crippen molar-refractivity contribution in [2.24, 2.45) is 0 Å². The van der Waals surface area contributed by atoms with Crippen molar-refractivity contribution >= 4 is 47.3 Å². The number of fused-ring (bicyclic) bond motifs is 1. The van der Waals surface area contributed by atoms with E-state index in [9.17, 15) is 9.59 Å². The second kappa shape index (κ2) is 7.94. The highest BCUT2D eigenvalue weighted by atomic mass is 32.2. The summed E-state index contributed by atoms with van der Waals surface area (Å²) in [4.78, 5) is 30.8. The van der Waals surface area contributed by atoms with Crippen LogP contribution in [-0.2, 0) is 15.3 Å². The van der Waals surface area contributed by atoms with Gasteiger partial charge in [0.2, 0.25) is 5.91 Å². The lowest BCUT2D eigenvalue weighted by Crippen LogP contribution is -2.43. The Hall–Kier alpha value is -1.67. The lowest BCUT2D eigenvalue weighted by Gasteiger charge is -2.24. The molecule has 1 aromatic heterocycles. The molecule has 3 N–H and O–H groups in total. The summed E-state index contributed by atoms with van der Waals surface area (Å²) >= 11 is 5.54. The van der Waals surface area contributed by atoms with Gasteiger partial charge >= 0.3 is 5.97 Å². The van der Waals surface area contributed by atoms with Gasteiger partial charge in [-0.05, 0) is 12.1 Å². The first kappa shape index (κ1) is 18.7. The molecule has 0 saturated carbocycles. The summed E-state index contributed by atoms with van der Waals surface area (Å²) in [6.45, 7) is 3.91. The van der Waals surface area contributed by atoms with Crippen molar-refractivity contribution in [3.05, 3.63) is 30.1 Å². The van der Waals surface area contributed by atoms with Gasteiger partial charge in [-0.15, -0.1) is 11.8 Å². The van der Waals surface area contributed by atoms with Gasteiger partial charge in [0.1, 0.15) is 11.9 Å². The number of aromatic nitrogens is 2. The predicted octanol–water partition coefficient (Wildman–Crippen LogP) is 2.46. The number of thioether (sulfide) groups is 1. The highest BCUT2D eigenvalue weighted by molar-refractivity contribution is 7.99. The summed E-state index contributed by atoms with van der Waals surface area (Å²) in [6.07, 6.45) is 0.218. The normalized spacial score (nSPS) is 13.0. The molecule has 0 aliphatic heterocycles. The maximum Gasteiger partial charge on any atom is 0.327 e. The Morgan fingerprint density at radius 2 is 2.12 bits per heavy atom. The summed E-state index contributed by atoms with van der Waals surface area (Å²) in [5, 5.41) is 11.5. The van der Waals surface area contributed by atoms with Crippen molar-refractivity contribution in [2.45, 2.75) is 36.8 Å². The summed E-state index contributed by atoms with van der Waals surface area (Å²) < 4.78 is -0.345. The van der Waals surface area contributed by atoms with E-state index in [1.807, 2.05) is 38.1 Å². The molecule has 6 nitrogen and oxygen atoms in total. The fraction of sp³-hybridized carbons (Fsp3) is 0.438. The molecule has 0 aliphatic carbocycles. The van der Waals surface area contributed by atoms with Crippen LogP contribution in [-0.4, -0.2) is 43.5 Å². The third-order valence-corrected chi connectivity index (χ3v) is 5.15. The minimum Gasteiger partial charge on any atom is -0.480 e. The average Bonchev–Trinajstić information content (AvgIpc) is 2.93. The molecule has 1 atom stereocenters. The number of imidazole rings is 1. The number of benzene rings is 1. The fourth-order valence-corrected chi connectivity index (χ4v) is 3.35. The number of rotatable bonds is 8. The zero-order valence-electron chi connectivity index (χ0n) is 13.6. The number of nitrogens with zero attached hydrogens (tertiary/aromatic N) is 1. The van der Waals surface area contributed by atoms with Gasteiger partial charge in [-0.2, -0.15) is 12.6 Å². The molecule has 0 spiro atoms. The molecular formula is C16H21N3O3S2. The molecule has 1 aromatic carbocycles. The molecule has 1 heterocycles. The summed E-state index contributed by atoms with van der Waals surface area (Å²) in [5.74, 6) is 0.190. The van der Waals surface area contributed by atoms with Gasteiger partial charge in [0.05, 0.1) is 16.8 Å². The zero-order valence-corrected chi connectivity index (χ0v) is 15.3. The van der Waals surface area contributed by atoms with E-state index >= 15 is 0 Å². The minimum absolute atomic E-state index is 0.0631. The Morgan fingerprint density at radius 1 is 1.42 bits per heavy atom. The number of carbonyl (C=O) groups is 2. The van der Waals surface area contributed by atoms with Gasteiger partial charge in [0, 0.05) is 16.9 Å². The molecule has 0 radical (unpaired) electrons. The van der Waals surface area contributed by atoms with Crippen LogP contribution < -0.4 is 5.32 Å². The largest absolute Gasteiger partial charge is 0.480 e. The van der Waals surface area contributed by atoms with Gasteiger partial charge in [0.25, 0.3) is 0 Å². The number of carbonyl (C=O) groups excluding carboxylic acids is 1. The van der Waals surface area contributed by atoms with Gasteiger partial charge in [0.15, 0.2) is 0 Å². The molecule has 0 bridgehead atoms. The monoisotopic (exact) mass is 367 g/mol. The number of aliphatic carboxylic acids is 1. The Kier molecular flexibility index (Phi) is 6.17. The van der Waals surface area contributed by atoms with Crippen LogP contribution >= 0.6 is 24.4 Å². The van der Waals surface area contributed by atoms with Crippen LogP contribution in [0.2, 0.25) is 0 Å². The van der Waals surface area contributed by atoms with Crippen molar-refractivity contribution in [3.63, 3.8) is 0 Å². The number of aromatic amines is 1. The van der Waals surface area contributed by atoms with Crippen molar-refractivity contribution < 1.29 is 14.7 Å². The molecule has 0 saturated heterocycles. The number of nitrogens with one attached hydrogen (secondary N) is 2. The third-order valence-electron chi connectivity index (χ3n) is 3.44. The van der Waals surface area contributed by atoms with Gasteiger partial charge in [-0.3, -0.25) is 4.79 Å². The van der Waals surface area contributed by atoms with E-state index in [2.05, 4.69) is 27.9 Å². The molecule has 8 heteroatoms. The smallest absolute Gasteiger partial charge is 0.327 e. The molecule has 2 aromatic rings. The van der Waals surface area contributed by atoms with Crippen molar-refractivity contribution in [1.82, 2.24) is 15.3 Å². The Bertz CT molecular complexity index is 697. The first-order chi connectivity index (χ1) is 11.3. The van der Waals surface area contributed by atoms with E-state index in [1.54, 1.807) is 11.8 Å². The second-order valence-electron chi connectivity index (χ2n) is 6.07. The Balaban J connectivity index is 1.90. The van der Waals surface area contributed by atoms with Crippen LogP contribution in [0.1, 0.15) is 26.1 Å². The SMILES string of the molecule is CC(C)(CC(=O)N[C@@H](CS)C(=O)O)SCc1nc2ccccc2[nH]1. The number of H-pyrrole nitrogens is 1. The van der Waals surface area contributed by atoms with E-state index in [1.165, 1.54) is 0 Å². The number of hydrogen-bond donors (Lipinski definition) is 4. The molecule has 0 aliphatic rings. The number of amides is 1. The Labute approximate surface area is 150 Å². The molecule has 24 heavy (non-hydrogen) atoms. The zero-order chi connectivity index (χ0) is 17.7. The molecule has 0 fully saturated rings. The van der Waals surface area contributed by atoms with Gasteiger partial charge < -0.3 is 15.4 Å². The van der Waals surface area contributed by atoms with Gasteiger partial charge in [-0.25, -0.2) is 9.78 Å². The van der Waals surface area contributed by atoms with Gasteiger partial charge in [-0.1, -0.05) is 26.0 Å². The van der Waals surface area contributed by atoms with Crippen molar-refractivity contribution in [1.29, 1.82) is 0 Å². The second-order valence-corrected chi connectivity index (χ2v) is 8.11. The number of hydrogen-bond acceptors (Lipinski definition) is 5. The topological polar surface area (TPSA) is 95.1 Å². The highest BCUT2D eigenvalue weighted by Gasteiger charge is 2.26. The van der Waals surface area contributed by atoms with E-state index in [0.717, 1.165) is 16.9 Å². The van der Waals surface area contributed by atoms with Crippen LogP contribution in [0.5, 0.6) is 0 Å². The lowest BCUT2D eigenvalue weighted by molar-refractivity contribution is -0.141.